The second kappa shape index (κ2) is 6.81. The lowest BCUT2D eigenvalue weighted by Gasteiger charge is -2.37. The molecule has 0 aromatic rings. The summed E-state index contributed by atoms with van der Waals surface area (Å²) in [6.07, 6.45) is 1.95. The van der Waals surface area contributed by atoms with Crippen LogP contribution >= 0.6 is 0 Å². The average molecular weight is 245 g/mol. The molecule has 1 atom stereocenters. The first-order valence-electron chi connectivity index (χ1n) is 6.14. The molecule has 1 unspecified atom stereocenters. The molecular formula is C12H27N3O2. The minimum absolute atomic E-state index is 0. The van der Waals surface area contributed by atoms with Crippen molar-refractivity contribution in [1.29, 1.82) is 0 Å². The van der Waals surface area contributed by atoms with Crippen LogP contribution in [0, 0.1) is 0 Å². The Hall–Kier alpha value is -0.810. The number of nitrogens with zero attached hydrogens (tertiary/aromatic N) is 1. The van der Waals surface area contributed by atoms with Gasteiger partial charge in [-0.25, -0.2) is 4.79 Å². The summed E-state index contributed by atoms with van der Waals surface area (Å²) >= 11 is 0. The summed E-state index contributed by atoms with van der Waals surface area (Å²) < 4.78 is 5.41. The van der Waals surface area contributed by atoms with E-state index in [1.807, 2.05) is 25.7 Å². The van der Waals surface area contributed by atoms with Crippen LogP contribution < -0.4 is 11.5 Å². The summed E-state index contributed by atoms with van der Waals surface area (Å²) in [5, 5.41) is 3.32. The fourth-order valence-electron chi connectivity index (χ4n) is 1.91. The summed E-state index contributed by atoms with van der Waals surface area (Å²) in [6.45, 7) is 10.3. The van der Waals surface area contributed by atoms with Gasteiger partial charge in [0, 0.05) is 25.7 Å². The van der Waals surface area contributed by atoms with E-state index in [4.69, 9.17) is 4.74 Å². The highest BCUT2D eigenvalue weighted by Crippen LogP contribution is 2.15. The molecule has 1 fully saturated rings. The van der Waals surface area contributed by atoms with Crippen molar-refractivity contribution in [2.24, 2.45) is 0 Å². The van der Waals surface area contributed by atoms with E-state index in [1.165, 1.54) is 0 Å². The number of rotatable bonds is 2. The standard InChI is InChI=1S/C12H24N2O2.H3N/c1-5-6-10-9-13-7-8-14(10)11(15)16-12(2,3)4;/h10,13H,5-9H2,1-4H3;1H3. The van der Waals surface area contributed by atoms with Crippen LogP contribution in [-0.2, 0) is 4.74 Å². The third-order valence-corrected chi connectivity index (χ3v) is 2.60. The minimum Gasteiger partial charge on any atom is -0.444 e. The van der Waals surface area contributed by atoms with Gasteiger partial charge in [-0.1, -0.05) is 13.3 Å². The highest BCUT2D eigenvalue weighted by molar-refractivity contribution is 5.68. The van der Waals surface area contributed by atoms with Gasteiger partial charge >= 0.3 is 6.09 Å². The van der Waals surface area contributed by atoms with Crippen molar-refractivity contribution < 1.29 is 9.53 Å². The predicted octanol–water partition coefficient (Wildman–Crippen LogP) is 2.16. The Labute approximate surface area is 104 Å². The fourth-order valence-corrected chi connectivity index (χ4v) is 1.91. The average Bonchev–Trinajstić information content (AvgIpc) is 2.16. The molecule has 1 amide bonds. The lowest BCUT2D eigenvalue weighted by Crippen LogP contribution is -2.54. The molecule has 1 aliphatic rings. The molecule has 0 spiro atoms. The second-order valence-electron chi connectivity index (χ2n) is 5.32. The Morgan fingerprint density at radius 3 is 2.65 bits per heavy atom. The van der Waals surface area contributed by atoms with Crippen molar-refractivity contribution in [3.05, 3.63) is 0 Å². The van der Waals surface area contributed by atoms with E-state index >= 15 is 0 Å². The fraction of sp³-hybridized carbons (Fsp3) is 0.917. The lowest BCUT2D eigenvalue weighted by molar-refractivity contribution is 0.0111. The molecule has 0 aromatic carbocycles. The molecule has 0 radical (unpaired) electrons. The number of piperazine rings is 1. The van der Waals surface area contributed by atoms with Crippen LogP contribution in [-0.4, -0.2) is 42.3 Å². The second-order valence-corrected chi connectivity index (χ2v) is 5.32. The van der Waals surface area contributed by atoms with E-state index in [0.717, 1.165) is 32.5 Å². The third-order valence-electron chi connectivity index (χ3n) is 2.60. The highest BCUT2D eigenvalue weighted by atomic mass is 16.6. The Kier molecular flexibility index (Phi) is 6.49. The highest BCUT2D eigenvalue weighted by Gasteiger charge is 2.29. The summed E-state index contributed by atoms with van der Waals surface area (Å²) in [7, 11) is 0. The first-order chi connectivity index (χ1) is 7.44. The van der Waals surface area contributed by atoms with Crippen LogP contribution in [0.5, 0.6) is 0 Å². The van der Waals surface area contributed by atoms with Gasteiger partial charge in [-0.15, -0.1) is 0 Å². The van der Waals surface area contributed by atoms with Crippen molar-refractivity contribution in [3.8, 4) is 0 Å². The van der Waals surface area contributed by atoms with Gasteiger partial charge in [0.2, 0.25) is 0 Å². The quantitative estimate of drug-likeness (QED) is 0.781. The van der Waals surface area contributed by atoms with Gasteiger partial charge < -0.3 is 21.1 Å². The van der Waals surface area contributed by atoms with Crippen LogP contribution in [0.2, 0.25) is 0 Å². The maximum atomic E-state index is 12.0. The molecule has 0 bridgehead atoms. The predicted molar refractivity (Wildman–Crippen MR) is 69.5 cm³/mol. The van der Waals surface area contributed by atoms with Crippen LogP contribution in [0.3, 0.4) is 0 Å². The van der Waals surface area contributed by atoms with Gasteiger partial charge in [-0.05, 0) is 27.2 Å². The van der Waals surface area contributed by atoms with Gasteiger partial charge in [0.25, 0.3) is 0 Å². The maximum Gasteiger partial charge on any atom is 0.410 e. The van der Waals surface area contributed by atoms with Gasteiger partial charge in [0.1, 0.15) is 5.60 Å². The summed E-state index contributed by atoms with van der Waals surface area (Å²) in [6, 6.07) is 0.286. The molecule has 1 rings (SSSR count). The van der Waals surface area contributed by atoms with E-state index in [2.05, 4.69) is 12.2 Å². The van der Waals surface area contributed by atoms with E-state index < -0.39 is 5.60 Å². The maximum absolute atomic E-state index is 12.0. The Balaban J connectivity index is 0.00000256. The number of carbonyl (C=O) groups is 1. The number of carbonyl (C=O) groups excluding carboxylic acids is 1. The number of amides is 1. The van der Waals surface area contributed by atoms with Crippen molar-refractivity contribution in [3.63, 3.8) is 0 Å². The zero-order valence-corrected chi connectivity index (χ0v) is 11.6. The Morgan fingerprint density at radius 2 is 2.12 bits per heavy atom. The van der Waals surface area contributed by atoms with Crippen molar-refractivity contribution >= 4 is 6.09 Å². The molecule has 1 aliphatic heterocycles. The van der Waals surface area contributed by atoms with Crippen LogP contribution in [0.15, 0.2) is 0 Å². The molecule has 1 saturated heterocycles. The number of hydrogen-bond acceptors (Lipinski definition) is 4. The summed E-state index contributed by atoms with van der Waals surface area (Å²) in [5.74, 6) is 0. The molecule has 102 valence electrons. The summed E-state index contributed by atoms with van der Waals surface area (Å²) in [5.41, 5.74) is -0.404. The molecule has 1 heterocycles. The van der Waals surface area contributed by atoms with Crippen LogP contribution in [0.4, 0.5) is 4.79 Å². The normalized spacial score (nSPS) is 20.7. The molecule has 0 aromatic heterocycles. The third kappa shape index (κ3) is 5.37. The molecule has 5 nitrogen and oxygen atoms in total. The van der Waals surface area contributed by atoms with E-state index in [0.29, 0.717) is 0 Å². The zero-order valence-electron chi connectivity index (χ0n) is 11.6. The van der Waals surface area contributed by atoms with Crippen LogP contribution in [0.25, 0.3) is 0 Å². The number of hydrogen-bond donors (Lipinski definition) is 2. The van der Waals surface area contributed by atoms with E-state index in [1.54, 1.807) is 0 Å². The van der Waals surface area contributed by atoms with Gasteiger partial charge in [-0.3, -0.25) is 0 Å². The first kappa shape index (κ1) is 16.2. The Morgan fingerprint density at radius 1 is 1.47 bits per heavy atom. The summed E-state index contributed by atoms with van der Waals surface area (Å²) in [4.78, 5) is 13.8. The zero-order chi connectivity index (χ0) is 12.2. The van der Waals surface area contributed by atoms with Crippen molar-refractivity contribution in [2.75, 3.05) is 19.6 Å². The Bertz CT molecular complexity index is 236. The van der Waals surface area contributed by atoms with Crippen molar-refractivity contribution in [1.82, 2.24) is 16.4 Å². The SMILES string of the molecule is CCCC1CNCCN1C(=O)OC(C)(C)C.N. The van der Waals surface area contributed by atoms with Crippen LogP contribution in [0.1, 0.15) is 40.5 Å². The topological polar surface area (TPSA) is 76.6 Å². The first-order valence-corrected chi connectivity index (χ1v) is 6.14. The lowest BCUT2D eigenvalue weighted by atomic mass is 10.1. The molecule has 5 heteroatoms. The monoisotopic (exact) mass is 245 g/mol. The van der Waals surface area contributed by atoms with Crippen molar-refractivity contribution in [2.45, 2.75) is 52.2 Å². The minimum atomic E-state index is -0.404. The van der Waals surface area contributed by atoms with E-state index in [-0.39, 0.29) is 18.3 Å². The number of nitrogens with one attached hydrogen (secondary N) is 1. The van der Waals surface area contributed by atoms with Gasteiger partial charge in [-0.2, -0.15) is 0 Å². The molecule has 0 aliphatic carbocycles. The molecule has 17 heavy (non-hydrogen) atoms. The largest absolute Gasteiger partial charge is 0.444 e. The molecule has 4 N–H and O–H groups in total. The molecule has 0 saturated carbocycles. The van der Waals surface area contributed by atoms with Gasteiger partial charge in [0.15, 0.2) is 0 Å². The van der Waals surface area contributed by atoms with E-state index in [9.17, 15) is 4.79 Å². The molecular weight excluding hydrogens is 218 g/mol. The smallest absolute Gasteiger partial charge is 0.410 e. The number of ether oxygens (including phenoxy) is 1. The van der Waals surface area contributed by atoms with Gasteiger partial charge in [0.05, 0.1) is 0 Å².